The SMILES string of the molecule is CCC(C)c1ccccc1.CCO. The normalized spacial score (nSPS) is 11.4. The van der Waals surface area contributed by atoms with Crippen molar-refractivity contribution in [2.24, 2.45) is 0 Å². The van der Waals surface area contributed by atoms with Crippen LogP contribution >= 0.6 is 0 Å². The molecule has 0 saturated heterocycles. The Morgan fingerprint density at radius 2 is 1.62 bits per heavy atom. The molecule has 1 nitrogen and oxygen atoms in total. The molecule has 0 aliphatic rings. The molecule has 1 rings (SSSR count). The number of benzene rings is 1. The highest BCUT2D eigenvalue weighted by atomic mass is 16.2. The number of aliphatic hydroxyl groups is 1. The zero-order chi connectivity index (χ0) is 10.1. The zero-order valence-electron chi connectivity index (χ0n) is 8.83. The van der Waals surface area contributed by atoms with E-state index < -0.39 is 0 Å². The third-order valence-electron chi connectivity index (χ3n) is 1.98. The second-order valence-corrected chi connectivity index (χ2v) is 3.04. The van der Waals surface area contributed by atoms with Crippen molar-refractivity contribution >= 4 is 0 Å². The van der Waals surface area contributed by atoms with Gasteiger partial charge < -0.3 is 5.11 Å². The highest BCUT2D eigenvalue weighted by molar-refractivity contribution is 5.18. The summed E-state index contributed by atoms with van der Waals surface area (Å²) in [5.41, 5.74) is 1.45. The predicted molar refractivity (Wildman–Crippen MR) is 57.9 cm³/mol. The number of hydrogen-bond donors (Lipinski definition) is 1. The summed E-state index contributed by atoms with van der Waals surface area (Å²) in [6.07, 6.45) is 1.23. The van der Waals surface area contributed by atoms with Crippen LogP contribution in [0.4, 0.5) is 0 Å². The second kappa shape index (κ2) is 7.81. The van der Waals surface area contributed by atoms with Crippen molar-refractivity contribution in [2.45, 2.75) is 33.1 Å². The van der Waals surface area contributed by atoms with Crippen LogP contribution < -0.4 is 0 Å². The lowest BCUT2D eigenvalue weighted by atomic mass is 9.99. The van der Waals surface area contributed by atoms with E-state index in [9.17, 15) is 0 Å². The molecule has 0 saturated carbocycles. The summed E-state index contributed by atoms with van der Waals surface area (Å²) >= 11 is 0. The first-order chi connectivity index (χ1) is 6.26. The van der Waals surface area contributed by atoms with Crippen LogP contribution in [0, 0.1) is 0 Å². The number of aliphatic hydroxyl groups excluding tert-OH is 1. The summed E-state index contributed by atoms with van der Waals surface area (Å²) in [6.45, 7) is 6.41. The van der Waals surface area contributed by atoms with Gasteiger partial charge >= 0.3 is 0 Å². The zero-order valence-corrected chi connectivity index (χ0v) is 8.83. The van der Waals surface area contributed by atoms with Gasteiger partial charge in [0.25, 0.3) is 0 Å². The topological polar surface area (TPSA) is 20.2 Å². The third-order valence-corrected chi connectivity index (χ3v) is 1.98. The smallest absolute Gasteiger partial charge is 0.0402 e. The summed E-state index contributed by atoms with van der Waals surface area (Å²) in [5.74, 6) is 0.709. The molecule has 1 atom stereocenters. The quantitative estimate of drug-likeness (QED) is 0.741. The van der Waals surface area contributed by atoms with Crippen molar-refractivity contribution in [3.63, 3.8) is 0 Å². The van der Waals surface area contributed by atoms with Crippen molar-refractivity contribution in [3.05, 3.63) is 35.9 Å². The average Bonchev–Trinajstić information content (AvgIpc) is 2.19. The molecule has 1 aromatic rings. The lowest BCUT2D eigenvalue weighted by Gasteiger charge is -2.06. The molecule has 74 valence electrons. The van der Waals surface area contributed by atoms with Gasteiger partial charge in [0.05, 0.1) is 0 Å². The van der Waals surface area contributed by atoms with Crippen LogP contribution in [0.2, 0.25) is 0 Å². The minimum atomic E-state index is 0.250. The Kier molecular flexibility index (Phi) is 7.32. The van der Waals surface area contributed by atoms with Gasteiger partial charge in [0.2, 0.25) is 0 Å². The van der Waals surface area contributed by atoms with Crippen LogP contribution in [-0.4, -0.2) is 11.7 Å². The molecule has 0 aliphatic heterocycles. The Balaban J connectivity index is 0.000000424. The Bertz CT molecular complexity index is 194. The fourth-order valence-electron chi connectivity index (χ4n) is 1.02. The summed E-state index contributed by atoms with van der Waals surface area (Å²) < 4.78 is 0. The van der Waals surface area contributed by atoms with Crippen LogP contribution in [0.1, 0.15) is 38.7 Å². The van der Waals surface area contributed by atoms with Gasteiger partial charge in [-0.05, 0) is 24.8 Å². The minimum absolute atomic E-state index is 0.250. The molecule has 0 amide bonds. The first-order valence-corrected chi connectivity index (χ1v) is 4.92. The van der Waals surface area contributed by atoms with Gasteiger partial charge in [0.1, 0.15) is 0 Å². The maximum Gasteiger partial charge on any atom is 0.0402 e. The molecule has 0 bridgehead atoms. The largest absolute Gasteiger partial charge is 0.397 e. The van der Waals surface area contributed by atoms with Crippen molar-refractivity contribution < 1.29 is 5.11 Å². The molecule has 1 aromatic carbocycles. The van der Waals surface area contributed by atoms with Crippen LogP contribution in [0.5, 0.6) is 0 Å². The van der Waals surface area contributed by atoms with Crippen molar-refractivity contribution in [2.75, 3.05) is 6.61 Å². The molecule has 0 spiro atoms. The minimum Gasteiger partial charge on any atom is -0.397 e. The fraction of sp³-hybridized carbons (Fsp3) is 0.500. The summed E-state index contributed by atoms with van der Waals surface area (Å²) in [5, 5.41) is 7.57. The Labute approximate surface area is 81.4 Å². The lowest BCUT2D eigenvalue weighted by molar-refractivity contribution is 0.318. The standard InChI is InChI=1S/C10H14.C2H6O/c1-3-9(2)10-7-5-4-6-8-10;1-2-3/h4-9H,3H2,1-2H3;3H,2H2,1H3. The highest BCUT2D eigenvalue weighted by Crippen LogP contribution is 2.16. The van der Waals surface area contributed by atoms with Gasteiger partial charge in [-0.25, -0.2) is 0 Å². The molecule has 1 unspecified atom stereocenters. The molecule has 0 heterocycles. The first-order valence-electron chi connectivity index (χ1n) is 4.92. The van der Waals surface area contributed by atoms with Crippen LogP contribution in [0.25, 0.3) is 0 Å². The molecule has 0 radical (unpaired) electrons. The van der Waals surface area contributed by atoms with Gasteiger partial charge in [-0.2, -0.15) is 0 Å². The van der Waals surface area contributed by atoms with Gasteiger partial charge in [-0.3, -0.25) is 0 Å². The van der Waals surface area contributed by atoms with Crippen LogP contribution in [-0.2, 0) is 0 Å². The van der Waals surface area contributed by atoms with E-state index in [0.29, 0.717) is 5.92 Å². The van der Waals surface area contributed by atoms with E-state index in [0.717, 1.165) is 0 Å². The monoisotopic (exact) mass is 180 g/mol. The fourth-order valence-corrected chi connectivity index (χ4v) is 1.02. The molecule has 0 aromatic heterocycles. The molecule has 1 heteroatoms. The molecule has 1 N–H and O–H groups in total. The van der Waals surface area contributed by atoms with Crippen LogP contribution in [0.3, 0.4) is 0 Å². The van der Waals surface area contributed by atoms with E-state index in [1.165, 1.54) is 12.0 Å². The average molecular weight is 180 g/mol. The number of hydrogen-bond acceptors (Lipinski definition) is 1. The lowest BCUT2D eigenvalue weighted by Crippen LogP contribution is -1.88. The molecule has 13 heavy (non-hydrogen) atoms. The molecular formula is C12H20O. The van der Waals surface area contributed by atoms with Crippen molar-refractivity contribution in [3.8, 4) is 0 Å². The molecular weight excluding hydrogens is 160 g/mol. The summed E-state index contributed by atoms with van der Waals surface area (Å²) in [6, 6.07) is 10.6. The van der Waals surface area contributed by atoms with Crippen LogP contribution in [0.15, 0.2) is 30.3 Å². The van der Waals surface area contributed by atoms with Crippen molar-refractivity contribution in [1.29, 1.82) is 0 Å². The predicted octanol–water partition coefficient (Wildman–Crippen LogP) is 3.20. The maximum atomic E-state index is 7.57. The maximum absolute atomic E-state index is 7.57. The van der Waals surface area contributed by atoms with Gasteiger partial charge in [0.15, 0.2) is 0 Å². The van der Waals surface area contributed by atoms with E-state index in [-0.39, 0.29) is 6.61 Å². The Morgan fingerprint density at radius 3 is 2.00 bits per heavy atom. The van der Waals surface area contributed by atoms with Crippen molar-refractivity contribution in [1.82, 2.24) is 0 Å². The van der Waals surface area contributed by atoms with Gasteiger partial charge in [-0.1, -0.05) is 44.2 Å². The summed E-state index contributed by atoms with van der Waals surface area (Å²) in [7, 11) is 0. The first kappa shape index (κ1) is 12.2. The molecule has 0 aliphatic carbocycles. The van der Waals surface area contributed by atoms with E-state index in [1.54, 1.807) is 6.92 Å². The van der Waals surface area contributed by atoms with E-state index in [4.69, 9.17) is 5.11 Å². The van der Waals surface area contributed by atoms with E-state index in [1.807, 2.05) is 0 Å². The third kappa shape index (κ3) is 5.42. The Morgan fingerprint density at radius 1 is 1.15 bits per heavy atom. The van der Waals surface area contributed by atoms with Gasteiger partial charge in [-0.15, -0.1) is 0 Å². The highest BCUT2D eigenvalue weighted by Gasteiger charge is 1.98. The van der Waals surface area contributed by atoms with Gasteiger partial charge in [0, 0.05) is 6.61 Å². The second-order valence-electron chi connectivity index (χ2n) is 3.04. The molecule has 0 fully saturated rings. The summed E-state index contributed by atoms with van der Waals surface area (Å²) in [4.78, 5) is 0. The Hall–Kier alpha value is -0.820. The van der Waals surface area contributed by atoms with E-state index >= 15 is 0 Å². The number of rotatable bonds is 2. The van der Waals surface area contributed by atoms with E-state index in [2.05, 4.69) is 44.2 Å².